The van der Waals surface area contributed by atoms with Crippen LogP contribution in [0.25, 0.3) is 0 Å². The van der Waals surface area contributed by atoms with Crippen LogP contribution >= 0.6 is 23.2 Å². The standard InChI is InChI=1S/C17H24Cl2N2/c18-16-6-5-14(12-17(16)19)7-11-21-10-3-4-15(21)13-20-8-1-2-9-20/h5-6,12,15H,1-4,7-11,13H2/t15-/m0/s1. The highest BCUT2D eigenvalue weighted by Gasteiger charge is 2.26. The topological polar surface area (TPSA) is 6.48 Å². The quantitative estimate of drug-likeness (QED) is 0.803. The maximum Gasteiger partial charge on any atom is 0.0595 e. The molecule has 0 N–H and O–H groups in total. The number of halogens is 2. The van der Waals surface area contributed by atoms with Crippen molar-refractivity contribution in [3.8, 4) is 0 Å². The van der Waals surface area contributed by atoms with Crippen LogP contribution in [0.2, 0.25) is 10.0 Å². The molecule has 2 heterocycles. The second-order valence-electron chi connectivity index (χ2n) is 6.34. The maximum atomic E-state index is 6.10. The summed E-state index contributed by atoms with van der Waals surface area (Å²) in [7, 11) is 0. The fraction of sp³-hybridized carbons (Fsp3) is 0.647. The van der Waals surface area contributed by atoms with Crippen molar-refractivity contribution in [2.45, 2.75) is 38.1 Å². The highest BCUT2D eigenvalue weighted by atomic mass is 35.5. The van der Waals surface area contributed by atoms with Gasteiger partial charge in [0.25, 0.3) is 0 Å². The molecule has 2 fully saturated rings. The fourth-order valence-corrected chi connectivity index (χ4v) is 3.95. The third kappa shape index (κ3) is 4.13. The van der Waals surface area contributed by atoms with Crippen LogP contribution in [0.1, 0.15) is 31.2 Å². The second kappa shape index (κ2) is 7.32. The van der Waals surface area contributed by atoms with E-state index in [0.717, 1.165) is 19.0 Å². The van der Waals surface area contributed by atoms with Gasteiger partial charge >= 0.3 is 0 Å². The molecule has 1 atom stereocenters. The van der Waals surface area contributed by atoms with Crippen molar-refractivity contribution in [1.29, 1.82) is 0 Å². The Labute approximate surface area is 138 Å². The van der Waals surface area contributed by atoms with Crippen LogP contribution in [-0.4, -0.2) is 48.6 Å². The molecule has 4 heteroatoms. The first kappa shape index (κ1) is 15.6. The lowest BCUT2D eigenvalue weighted by Crippen LogP contribution is -2.40. The third-order valence-electron chi connectivity index (χ3n) is 4.84. The molecule has 21 heavy (non-hydrogen) atoms. The Bertz CT molecular complexity index is 472. The average Bonchev–Trinajstić information content (AvgIpc) is 3.13. The van der Waals surface area contributed by atoms with Crippen LogP contribution in [0.5, 0.6) is 0 Å². The minimum Gasteiger partial charge on any atom is -0.302 e. The Morgan fingerprint density at radius 3 is 2.57 bits per heavy atom. The summed E-state index contributed by atoms with van der Waals surface area (Å²) in [6, 6.07) is 6.77. The zero-order valence-corrected chi connectivity index (χ0v) is 14.0. The van der Waals surface area contributed by atoms with E-state index in [1.54, 1.807) is 0 Å². The molecule has 0 amide bonds. The molecule has 0 aliphatic carbocycles. The Balaban J connectivity index is 1.52. The molecule has 0 spiro atoms. The van der Waals surface area contributed by atoms with E-state index in [4.69, 9.17) is 23.2 Å². The maximum absolute atomic E-state index is 6.10. The molecule has 1 aromatic rings. The molecule has 0 aromatic heterocycles. The van der Waals surface area contributed by atoms with E-state index >= 15 is 0 Å². The number of hydrogen-bond acceptors (Lipinski definition) is 2. The summed E-state index contributed by atoms with van der Waals surface area (Å²) in [5.41, 5.74) is 1.29. The van der Waals surface area contributed by atoms with Crippen LogP contribution in [0.4, 0.5) is 0 Å². The molecule has 3 rings (SSSR count). The average molecular weight is 327 g/mol. The SMILES string of the molecule is Clc1ccc(CCN2CCC[C@H]2CN2CCCC2)cc1Cl. The monoisotopic (exact) mass is 326 g/mol. The first-order chi connectivity index (χ1) is 10.2. The van der Waals surface area contributed by atoms with Gasteiger partial charge in [0, 0.05) is 19.1 Å². The lowest BCUT2D eigenvalue weighted by Gasteiger charge is -2.28. The highest BCUT2D eigenvalue weighted by molar-refractivity contribution is 6.42. The van der Waals surface area contributed by atoms with Gasteiger partial charge in [0.05, 0.1) is 10.0 Å². The molecule has 0 saturated carbocycles. The molecule has 1 aromatic carbocycles. The van der Waals surface area contributed by atoms with Gasteiger partial charge in [-0.05, 0) is 69.4 Å². The molecule has 0 radical (unpaired) electrons. The van der Waals surface area contributed by atoms with Gasteiger partial charge in [0.2, 0.25) is 0 Å². The van der Waals surface area contributed by atoms with Gasteiger partial charge in [-0.2, -0.15) is 0 Å². The van der Waals surface area contributed by atoms with E-state index in [1.165, 1.54) is 57.4 Å². The molecule has 2 saturated heterocycles. The van der Waals surface area contributed by atoms with Gasteiger partial charge in [0.15, 0.2) is 0 Å². The predicted molar refractivity (Wildman–Crippen MR) is 90.4 cm³/mol. The summed E-state index contributed by atoms with van der Waals surface area (Å²) >= 11 is 12.1. The fourth-order valence-electron chi connectivity index (χ4n) is 3.63. The van der Waals surface area contributed by atoms with Crippen LogP contribution in [0.3, 0.4) is 0 Å². The normalized spacial score (nSPS) is 24.0. The van der Waals surface area contributed by atoms with E-state index in [9.17, 15) is 0 Å². The van der Waals surface area contributed by atoms with Crippen LogP contribution < -0.4 is 0 Å². The Morgan fingerprint density at radius 2 is 1.81 bits per heavy atom. The minimum absolute atomic E-state index is 0.647. The molecule has 116 valence electrons. The van der Waals surface area contributed by atoms with Crippen LogP contribution in [-0.2, 0) is 6.42 Å². The van der Waals surface area contributed by atoms with E-state index in [1.807, 2.05) is 12.1 Å². The molecule has 2 nitrogen and oxygen atoms in total. The largest absolute Gasteiger partial charge is 0.302 e. The van der Waals surface area contributed by atoms with Gasteiger partial charge in [0.1, 0.15) is 0 Å². The van der Waals surface area contributed by atoms with Crippen molar-refractivity contribution >= 4 is 23.2 Å². The van der Waals surface area contributed by atoms with Gasteiger partial charge in [-0.1, -0.05) is 29.3 Å². The first-order valence-corrected chi connectivity index (χ1v) is 8.88. The summed E-state index contributed by atoms with van der Waals surface area (Å²) in [6.07, 6.45) is 6.54. The second-order valence-corrected chi connectivity index (χ2v) is 7.15. The van der Waals surface area contributed by atoms with Gasteiger partial charge in [-0.25, -0.2) is 0 Å². The van der Waals surface area contributed by atoms with Crippen molar-refractivity contribution in [1.82, 2.24) is 9.80 Å². The smallest absolute Gasteiger partial charge is 0.0595 e. The molecular formula is C17H24Cl2N2. The van der Waals surface area contributed by atoms with Crippen molar-refractivity contribution in [3.63, 3.8) is 0 Å². The highest BCUT2D eigenvalue weighted by Crippen LogP contribution is 2.24. The molecular weight excluding hydrogens is 303 g/mol. The van der Waals surface area contributed by atoms with E-state index in [-0.39, 0.29) is 0 Å². The van der Waals surface area contributed by atoms with Gasteiger partial charge in [-0.15, -0.1) is 0 Å². The predicted octanol–water partition coefficient (Wildman–Crippen LogP) is 4.10. The Morgan fingerprint density at radius 1 is 1.00 bits per heavy atom. The number of nitrogens with zero attached hydrogens (tertiary/aromatic N) is 2. The third-order valence-corrected chi connectivity index (χ3v) is 5.58. The van der Waals surface area contributed by atoms with E-state index < -0.39 is 0 Å². The van der Waals surface area contributed by atoms with Crippen LogP contribution in [0.15, 0.2) is 18.2 Å². The van der Waals surface area contributed by atoms with E-state index in [2.05, 4.69) is 15.9 Å². The summed E-state index contributed by atoms with van der Waals surface area (Å²) in [4.78, 5) is 5.31. The van der Waals surface area contributed by atoms with Crippen LogP contribution in [0, 0.1) is 0 Å². The zero-order valence-electron chi connectivity index (χ0n) is 12.5. The number of benzene rings is 1. The minimum atomic E-state index is 0.647. The Kier molecular flexibility index (Phi) is 5.44. The van der Waals surface area contributed by atoms with Crippen molar-refractivity contribution < 1.29 is 0 Å². The van der Waals surface area contributed by atoms with E-state index in [0.29, 0.717) is 10.0 Å². The first-order valence-electron chi connectivity index (χ1n) is 8.13. The molecule has 0 unspecified atom stereocenters. The van der Waals surface area contributed by atoms with Crippen molar-refractivity contribution in [3.05, 3.63) is 33.8 Å². The molecule has 2 aliphatic rings. The zero-order chi connectivity index (χ0) is 14.7. The lowest BCUT2D eigenvalue weighted by molar-refractivity contribution is 0.193. The Hall–Kier alpha value is -0.280. The summed E-state index contributed by atoms with van der Waals surface area (Å²) < 4.78 is 0. The molecule has 0 bridgehead atoms. The summed E-state index contributed by atoms with van der Waals surface area (Å²) in [6.45, 7) is 6.26. The van der Waals surface area contributed by atoms with Crippen molar-refractivity contribution in [2.24, 2.45) is 0 Å². The summed E-state index contributed by atoms with van der Waals surface area (Å²) in [5, 5.41) is 1.32. The van der Waals surface area contributed by atoms with Gasteiger partial charge in [-0.3, -0.25) is 4.90 Å². The van der Waals surface area contributed by atoms with Gasteiger partial charge < -0.3 is 4.90 Å². The summed E-state index contributed by atoms with van der Waals surface area (Å²) in [5.74, 6) is 0. The number of rotatable bonds is 5. The number of hydrogen-bond donors (Lipinski definition) is 0. The van der Waals surface area contributed by atoms with Crippen molar-refractivity contribution in [2.75, 3.05) is 32.7 Å². The molecule has 2 aliphatic heterocycles. The lowest BCUT2D eigenvalue weighted by atomic mass is 10.1. The number of likely N-dealkylation sites (tertiary alicyclic amines) is 2.